The van der Waals surface area contributed by atoms with Crippen LogP contribution in [0.1, 0.15) is 46.0 Å². The van der Waals surface area contributed by atoms with E-state index in [9.17, 15) is 9.90 Å². The maximum atomic E-state index is 11.6. The molecule has 116 valence electrons. The van der Waals surface area contributed by atoms with Crippen molar-refractivity contribution in [2.75, 3.05) is 11.9 Å². The van der Waals surface area contributed by atoms with Crippen LogP contribution in [0.3, 0.4) is 0 Å². The number of anilines is 1. The predicted molar refractivity (Wildman–Crippen MR) is 79.4 cm³/mol. The fourth-order valence-electron chi connectivity index (χ4n) is 2.68. The van der Waals surface area contributed by atoms with Gasteiger partial charge in [-0.1, -0.05) is 19.3 Å². The summed E-state index contributed by atoms with van der Waals surface area (Å²) in [6.07, 6.45) is 6.10. The van der Waals surface area contributed by atoms with Gasteiger partial charge in [0.05, 0.1) is 11.5 Å². The molecule has 0 spiro atoms. The van der Waals surface area contributed by atoms with E-state index in [-0.39, 0.29) is 6.10 Å². The summed E-state index contributed by atoms with van der Waals surface area (Å²) in [5.74, 6) is 0.180. The molecule has 1 aromatic rings. The second-order valence-corrected chi connectivity index (χ2v) is 5.88. The normalized spacial score (nSPS) is 17.5. The molecule has 1 aliphatic carbocycles. The Morgan fingerprint density at radius 1 is 1.43 bits per heavy atom. The highest BCUT2D eigenvalue weighted by Crippen LogP contribution is 2.36. The summed E-state index contributed by atoms with van der Waals surface area (Å²) in [6.45, 7) is 4.21. The Hall–Kier alpha value is -1.85. The van der Waals surface area contributed by atoms with E-state index < -0.39 is 11.4 Å². The molecule has 0 atom stereocenters. The van der Waals surface area contributed by atoms with Crippen molar-refractivity contribution in [3.63, 3.8) is 0 Å². The molecule has 21 heavy (non-hydrogen) atoms. The molecule has 1 heterocycles. The highest BCUT2D eigenvalue weighted by Gasteiger charge is 2.39. The Labute approximate surface area is 124 Å². The van der Waals surface area contributed by atoms with Crippen LogP contribution in [-0.2, 0) is 4.79 Å². The van der Waals surface area contributed by atoms with Gasteiger partial charge in [0.2, 0.25) is 11.8 Å². The van der Waals surface area contributed by atoms with Crippen molar-refractivity contribution in [3.8, 4) is 5.88 Å². The van der Waals surface area contributed by atoms with Crippen molar-refractivity contribution in [1.29, 1.82) is 0 Å². The zero-order chi connectivity index (χ0) is 15.3. The Balaban J connectivity index is 2.02. The maximum absolute atomic E-state index is 11.6. The van der Waals surface area contributed by atoms with Gasteiger partial charge in [0.15, 0.2) is 0 Å². The smallest absolute Gasteiger partial charge is 0.311 e. The monoisotopic (exact) mass is 293 g/mol. The molecule has 0 aromatic carbocycles. The first kappa shape index (κ1) is 15.5. The second kappa shape index (κ2) is 6.74. The van der Waals surface area contributed by atoms with Crippen molar-refractivity contribution in [2.45, 2.75) is 52.1 Å². The molecule has 6 nitrogen and oxygen atoms in total. The topological polar surface area (TPSA) is 84.3 Å². The van der Waals surface area contributed by atoms with E-state index in [2.05, 4.69) is 15.3 Å². The van der Waals surface area contributed by atoms with Gasteiger partial charge >= 0.3 is 5.97 Å². The van der Waals surface area contributed by atoms with Crippen LogP contribution in [0, 0.1) is 5.41 Å². The van der Waals surface area contributed by atoms with E-state index in [1.54, 1.807) is 12.3 Å². The van der Waals surface area contributed by atoms with Gasteiger partial charge in [0, 0.05) is 18.8 Å². The van der Waals surface area contributed by atoms with E-state index in [1.807, 2.05) is 13.8 Å². The molecule has 0 aliphatic heterocycles. The molecule has 0 amide bonds. The van der Waals surface area contributed by atoms with Gasteiger partial charge in [-0.3, -0.25) is 4.79 Å². The molecule has 0 saturated heterocycles. The number of carboxylic acid groups (broad SMARTS) is 1. The lowest BCUT2D eigenvalue weighted by atomic mass is 9.74. The van der Waals surface area contributed by atoms with Crippen molar-refractivity contribution in [3.05, 3.63) is 12.3 Å². The number of rotatable bonds is 6. The van der Waals surface area contributed by atoms with Crippen LogP contribution in [0.2, 0.25) is 0 Å². The Kier molecular flexibility index (Phi) is 4.98. The van der Waals surface area contributed by atoms with Gasteiger partial charge < -0.3 is 15.2 Å². The number of aromatic nitrogens is 2. The van der Waals surface area contributed by atoms with E-state index >= 15 is 0 Å². The molecule has 1 aromatic heterocycles. The minimum Gasteiger partial charge on any atom is -0.481 e. The minimum atomic E-state index is -0.732. The van der Waals surface area contributed by atoms with E-state index in [0.717, 1.165) is 19.3 Å². The van der Waals surface area contributed by atoms with Crippen LogP contribution in [0.5, 0.6) is 5.88 Å². The number of hydrogen-bond acceptors (Lipinski definition) is 5. The molecule has 0 bridgehead atoms. The molecule has 1 aliphatic rings. The molecule has 0 unspecified atom stereocenters. The number of carboxylic acids is 1. The van der Waals surface area contributed by atoms with Crippen LogP contribution in [0.25, 0.3) is 0 Å². The largest absolute Gasteiger partial charge is 0.481 e. The number of carbonyl (C=O) groups is 1. The van der Waals surface area contributed by atoms with Gasteiger partial charge in [-0.05, 0) is 26.7 Å². The molecule has 1 saturated carbocycles. The lowest BCUT2D eigenvalue weighted by molar-refractivity contribution is -0.150. The Morgan fingerprint density at radius 3 is 2.76 bits per heavy atom. The van der Waals surface area contributed by atoms with Crippen molar-refractivity contribution >= 4 is 11.9 Å². The van der Waals surface area contributed by atoms with Crippen LogP contribution in [0.4, 0.5) is 5.95 Å². The van der Waals surface area contributed by atoms with Crippen molar-refractivity contribution < 1.29 is 14.6 Å². The summed E-state index contributed by atoms with van der Waals surface area (Å²) in [7, 11) is 0. The van der Waals surface area contributed by atoms with Gasteiger partial charge in [0.1, 0.15) is 0 Å². The average Bonchev–Trinajstić information content (AvgIpc) is 2.46. The lowest BCUT2D eigenvalue weighted by Crippen LogP contribution is -2.40. The Morgan fingerprint density at radius 2 is 2.14 bits per heavy atom. The zero-order valence-electron chi connectivity index (χ0n) is 12.6. The van der Waals surface area contributed by atoms with Gasteiger partial charge in [-0.2, -0.15) is 4.98 Å². The summed E-state index contributed by atoms with van der Waals surface area (Å²) in [4.78, 5) is 20.0. The summed E-state index contributed by atoms with van der Waals surface area (Å²) < 4.78 is 5.51. The summed E-state index contributed by atoms with van der Waals surface area (Å²) in [5.41, 5.74) is -0.698. The third kappa shape index (κ3) is 4.06. The quantitative estimate of drug-likeness (QED) is 0.839. The fraction of sp³-hybridized carbons (Fsp3) is 0.667. The highest BCUT2D eigenvalue weighted by molar-refractivity contribution is 5.75. The summed E-state index contributed by atoms with van der Waals surface area (Å²) in [6, 6.07) is 1.69. The zero-order valence-corrected chi connectivity index (χ0v) is 12.6. The number of aliphatic carboxylic acids is 1. The van der Waals surface area contributed by atoms with Crippen LogP contribution < -0.4 is 10.1 Å². The second-order valence-electron chi connectivity index (χ2n) is 5.88. The number of nitrogens with zero attached hydrogens (tertiary/aromatic N) is 2. The van der Waals surface area contributed by atoms with Crippen molar-refractivity contribution in [2.24, 2.45) is 5.41 Å². The first-order valence-electron chi connectivity index (χ1n) is 7.49. The lowest BCUT2D eigenvalue weighted by Gasteiger charge is -2.33. The molecular formula is C15H23N3O3. The first-order chi connectivity index (χ1) is 10.0. The molecule has 2 N–H and O–H groups in total. The van der Waals surface area contributed by atoms with E-state index in [1.165, 1.54) is 0 Å². The Bertz CT molecular complexity index is 485. The number of ether oxygens (including phenoxy) is 1. The van der Waals surface area contributed by atoms with Crippen molar-refractivity contribution in [1.82, 2.24) is 9.97 Å². The minimum absolute atomic E-state index is 0.0384. The first-order valence-corrected chi connectivity index (χ1v) is 7.49. The average molecular weight is 293 g/mol. The predicted octanol–water partition coefficient (Wildman–Crippen LogP) is 2.71. The van der Waals surface area contributed by atoms with E-state index in [0.29, 0.717) is 31.2 Å². The van der Waals surface area contributed by atoms with Gasteiger partial charge in [-0.25, -0.2) is 4.98 Å². The molecule has 2 rings (SSSR count). The van der Waals surface area contributed by atoms with Crippen LogP contribution in [0.15, 0.2) is 12.3 Å². The number of nitrogens with one attached hydrogen (secondary N) is 1. The number of hydrogen-bond donors (Lipinski definition) is 2. The third-order valence-electron chi connectivity index (χ3n) is 3.84. The third-order valence-corrected chi connectivity index (χ3v) is 3.84. The SMILES string of the molecule is CC(C)Oc1ccnc(NCC2(C(=O)O)CCCCC2)n1. The fourth-order valence-corrected chi connectivity index (χ4v) is 2.68. The maximum Gasteiger partial charge on any atom is 0.311 e. The van der Waals surface area contributed by atoms with Gasteiger partial charge in [-0.15, -0.1) is 0 Å². The molecule has 0 radical (unpaired) electrons. The van der Waals surface area contributed by atoms with E-state index in [4.69, 9.17) is 4.74 Å². The summed E-state index contributed by atoms with van der Waals surface area (Å²) in [5, 5.41) is 12.6. The molecular weight excluding hydrogens is 270 g/mol. The van der Waals surface area contributed by atoms with Crippen LogP contribution >= 0.6 is 0 Å². The highest BCUT2D eigenvalue weighted by atomic mass is 16.5. The standard InChI is InChI=1S/C15H23N3O3/c1-11(2)21-12-6-9-16-14(18-12)17-10-15(13(19)20)7-4-3-5-8-15/h6,9,11H,3-5,7-8,10H2,1-2H3,(H,19,20)(H,16,17,18). The summed E-state index contributed by atoms with van der Waals surface area (Å²) >= 11 is 0. The van der Waals surface area contributed by atoms with Gasteiger partial charge in [0.25, 0.3) is 0 Å². The van der Waals surface area contributed by atoms with Crippen LogP contribution in [-0.4, -0.2) is 33.7 Å². The molecule has 6 heteroatoms. The molecule has 1 fully saturated rings.